The van der Waals surface area contributed by atoms with E-state index >= 15 is 0 Å². The smallest absolute Gasteiger partial charge is 0.321 e. The second-order valence-electron chi connectivity index (χ2n) is 7.30. The first-order chi connectivity index (χ1) is 12.5. The fourth-order valence-corrected chi connectivity index (χ4v) is 3.89. The van der Waals surface area contributed by atoms with Crippen LogP contribution >= 0.6 is 11.6 Å². The van der Waals surface area contributed by atoms with E-state index in [2.05, 4.69) is 0 Å². The highest BCUT2D eigenvalue weighted by molar-refractivity contribution is 7.89. The Morgan fingerprint density at radius 1 is 1.04 bits per heavy atom. The van der Waals surface area contributed by atoms with E-state index in [0.717, 1.165) is 15.4 Å². The molecule has 2 aromatic rings. The summed E-state index contributed by atoms with van der Waals surface area (Å²) in [5.74, 6) is -0.604. The average molecular weight is 410 g/mol. The van der Waals surface area contributed by atoms with Gasteiger partial charge in [0, 0.05) is 11.6 Å². The summed E-state index contributed by atoms with van der Waals surface area (Å²) in [7, 11) is -3.88. The van der Waals surface area contributed by atoms with Crippen molar-refractivity contribution in [2.24, 2.45) is 0 Å². The summed E-state index contributed by atoms with van der Waals surface area (Å²) in [5.41, 5.74) is 0.973. The Morgan fingerprint density at radius 3 is 2.11 bits per heavy atom. The lowest BCUT2D eigenvalue weighted by molar-refractivity contribution is -0.155. The minimum atomic E-state index is -3.88. The first kappa shape index (κ1) is 21.4. The van der Waals surface area contributed by atoms with Crippen molar-refractivity contribution in [1.29, 1.82) is 0 Å². The third kappa shape index (κ3) is 6.34. The number of esters is 1. The molecule has 0 bridgehead atoms. The average Bonchev–Trinajstić information content (AvgIpc) is 2.55. The largest absolute Gasteiger partial charge is 0.459 e. The molecule has 146 valence electrons. The summed E-state index contributed by atoms with van der Waals surface area (Å²) in [6, 6.07) is 13.3. The number of aryl methyl sites for hydroxylation is 1. The van der Waals surface area contributed by atoms with E-state index in [-0.39, 0.29) is 18.0 Å². The van der Waals surface area contributed by atoms with Crippen LogP contribution in [0.4, 0.5) is 0 Å². The number of ether oxygens (including phenoxy) is 1. The monoisotopic (exact) mass is 409 g/mol. The van der Waals surface area contributed by atoms with Crippen molar-refractivity contribution in [3.63, 3.8) is 0 Å². The van der Waals surface area contributed by atoms with Gasteiger partial charge in [-0.25, -0.2) is 8.42 Å². The molecule has 0 heterocycles. The molecular weight excluding hydrogens is 386 g/mol. The van der Waals surface area contributed by atoms with Gasteiger partial charge >= 0.3 is 5.97 Å². The zero-order valence-electron chi connectivity index (χ0n) is 15.9. The van der Waals surface area contributed by atoms with Crippen LogP contribution in [0.5, 0.6) is 0 Å². The molecule has 0 atom stereocenters. The minimum absolute atomic E-state index is 0.0343. The molecule has 0 N–H and O–H groups in total. The molecule has 5 nitrogen and oxygen atoms in total. The second-order valence-corrected chi connectivity index (χ2v) is 9.67. The number of halogens is 1. The lowest BCUT2D eigenvalue weighted by Gasteiger charge is -2.25. The van der Waals surface area contributed by atoms with E-state index in [0.29, 0.717) is 5.02 Å². The summed E-state index contributed by atoms with van der Waals surface area (Å²) in [6.07, 6.45) is 0. The summed E-state index contributed by atoms with van der Waals surface area (Å²) < 4.78 is 32.6. The van der Waals surface area contributed by atoms with Crippen LogP contribution in [-0.2, 0) is 26.1 Å². The Bertz CT molecular complexity index is 885. The number of sulfonamides is 1. The third-order valence-electron chi connectivity index (χ3n) is 3.66. The van der Waals surface area contributed by atoms with Gasteiger partial charge in [0.15, 0.2) is 0 Å². The molecule has 0 aliphatic carbocycles. The minimum Gasteiger partial charge on any atom is -0.459 e. The van der Waals surface area contributed by atoms with Crippen LogP contribution < -0.4 is 0 Å². The molecule has 0 fully saturated rings. The lowest BCUT2D eigenvalue weighted by Crippen LogP contribution is -2.38. The van der Waals surface area contributed by atoms with Gasteiger partial charge in [-0.3, -0.25) is 4.79 Å². The van der Waals surface area contributed by atoms with Gasteiger partial charge in [-0.1, -0.05) is 41.4 Å². The number of benzene rings is 2. The van der Waals surface area contributed by atoms with Gasteiger partial charge < -0.3 is 4.74 Å². The van der Waals surface area contributed by atoms with Crippen molar-refractivity contribution in [1.82, 2.24) is 4.31 Å². The predicted molar refractivity (Wildman–Crippen MR) is 106 cm³/mol. The molecule has 0 radical (unpaired) electrons. The number of hydrogen-bond acceptors (Lipinski definition) is 4. The van der Waals surface area contributed by atoms with Crippen molar-refractivity contribution in [2.75, 3.05) is 6.54 Å². The Hall–Kier alpha value is -1.89. The highest BCUT2D eigenvalue weighted by Crippen LogP contribution is 2.21. The molecule has 0 amide bonds. The van der Waals surface area contributed by atoms with Crippen LogP contribution in [0.2, 0.25) is 5.02 Å². The van der Waals surface area contributed by atoms with Crippen molar-refractivity contribution in [3.05, 3.63) is 64.7 Å². The highest BCUT2D eigenvalue weighted by atomic mass is 35.5. The van der Waals surface area contributed by atoms with Gasteiger partial charge in [-0.15, -0.1) is 0 Å². The van der Waals surface area contributed by atoms with Crippen LogP contribution in [0.3, 0.4) is 0 Å². The van der Waals surface area contributed by atoms with Crippen LogP contribution in [-0.4, -0.2) is 30.8 Å². The quantitative estimate of drug-likeness (QED) is 0.671. The fraction of sp³-hybridized carbons (Fsp3) is 0.350. The molecule has 2 aromatic carbocycles. The number of hydrogen-bond donors (Lipinski definition) is 0. The molecule has 0 aliphatic heterocycles. The Morgan fingerprint density at radius 2 is 1.59 bits per heavy atom. The lowest BCUT2D eigenvalue weighted by atomic mass is 10.2. The molecule has 2 rings (SSSR count). The van der Waals surface area contributed by atoms with E-state index in [1.165, 1.54) is 12.1 Å². The van der Waals surface area contributed by atoms with E-state index < -0.39 is 21.6 Å². The molecule has 27 heavy (non-hydrogen) atoms. The number of nitrogens with zero attached hydrogens (tertiary/aromatic N) is 1. The first-order valence-corrected chi connectivity index (χ1v) is 10.3. The predicted octanol–water partition coefficient (Wildman–Crippen LogP) is 4.18. The number of rotatable bonds is 6. The number of carbonyl (C=O) groups is 1. The van der Waals surface area contributed by atoms with Gasteiger partial charge in [0.25, 0.3) is 0 Å². The molecule has 0 spiro atoms. The van der Waals surface area contributed by atoms with Crippen molar-refractivity contribution >= 4 is 27.6 Å². The van der Waals surface area contributed by atoms with Crippen LogP contribution in [0, 0.1) is 6.92 Å². The molecular formula is C20H24ClNO4S. The van der Waals surface area contributed by atoms with Crippen molar-refractivity contribution in [3.8, 4) is 0 Å². The molecule has 0 saturated carbocycles. The Labute approximate surface area is 166 Å². The van der Waals surface area contributed by atoms with Crippen molar-refractivity contribution < 1.29 is 17.9 Å². The molecule has 0 unspecified atom stereocenters. The topological polar surface area (TPSA) is 63.7 Å². The summed E-state index contributed by atoms with van der Waals surface area (Å²) in [6.45, 7) is 6.75. The SMILES string of the molecule is Cc1ccc(S(=O)(=O)N(CC(=O)OC(C)(C)C)Cc2ccc(Cl)cc2)cc1. The first-order valence-electron chi connectivity index (χ1n) is 8.50. The van der Waals surface area contributed by atoms with E-state index in [1.807, 2.05) is 6.92 Å². The van der Waals surface area contributed by atoms with Gasteiger partial charge in [-0.05, 0) is 57.5 Å². The van der Waals surface area contributed by atoms with Gasteiger partial charge in [0.2, 0.25) is 10.0 Å². The van der Waals surface area contributed by atoms with Crippen LogP contribution in [0.25, 0.3) is 0 Å². The summed E-state index contributed by atoms with van der Waals surface area (Å²) in [4.78, 5) is 12.4. The normalized spacial score (nSPS) is 12.2. The fourth-order valence-electron chi connectivity index (χ4n) is 2.40. The van der Waals surface area contributed by atoms with E-state index in [1.54, 1.807) is 57.2 Å². The zero-order chi connectivity index (χ0) is 20.2. The van der Waals surface area contributed by atoms with Crippen molar-refractivity contribution in [2.45, 2.75) is 44.7 Å². The molecule has 7 heteroatoms. The standard InChI is InChI=1S/C20H24ClNO4S/c1-15-5-11-18(12-6-15)27(24,25)22(14-19(23)26-20(2,3)4)13-16-7-9-17(21)10-8-16/h5-12H,13-14H2,1-4H3. The maximum Gasteiger partial charge on any atom is 0.321 e. The van der Waals surface area contributed by atoms with Gasteiger partial charge in [0.05, 0.1) is 4.90 Å². The Kier molecular flexibility index (Phi) is 6.68. The maximum atomic E-state index is 13.1. The summed E-state index contributed by atoms with van der Waals surface area (Å²) in [5, 5.41) is 0.554. The van der Waals surface area contributed by atoms with Crippen LogP contribution in [0.1, 0.15) is 31.9 Å². The van der Waals surface area contributed by atoms with E-state index in [4.69, 9.17) is 16.3 Å². The molecule has 0 aromatic heterocycles. The molecule has 0 saturated heterocycles. The summed E-state index contributed by atoms with van der Waals surface area (Å²) >= 11 is 5.90. The second kappa shape index (κ2) is 8.42. The van der Waals surface area contributed by atoms with Gasteiger partial charge in [0.1, 0.15) is 12.1 Å². The number of carbonyl (C=O) groups excluding carboxylic acids is 1. The van der Waals surface area contributed by atoms with Crippen LogP contribution in [0.15, 0.2) is 53.4 Å². The molecule has 0 aliphatic rings. The van der Waals surface area contributed by atoms with E-state index in [9.17, 15) is 13.2 Å². The maximum absolute atomic E-state index is 13.1. The highest BCUT2D eigenvalue weighted by Gasteiger charge is 2.29. The Balaban J connectivity index is 2.34. The van der Waals surface area contributed by atoms with Gasteiger partial charge in [-0.2, -0.15) is 4.31 Å². The third-order valence-corrected chi connectivity index (χ3v) is 5.71. The zero-order valence-corrected chi connectivity index (χ0v) is 17.5.